The van der Waals surface area contributed by atoms with E-state index in [0.717, 1.165) is 11.3 Å². The average molecular weight is 391 g/mol. The number of benzene rings is 2. The Bertz CT molecular complexity index is 1200. The predicted octanol–water partition coefficient (Wildman–Crippen LogP) is 4.02. The van der Waals surface area contributed by atoms with E-state index in [4.69, 9.17) is 9.26 Å². The summed E-state index contributed by atoms with van der Waals surface area (Å²) < 4.78 is 27.2. The van der Waals surface area contributed by atoms with E-state index >= 15 is 0 Å². The highest BCUT2D eigenvalue weighted by Gasteiger charge is 2.28. The lowest BCUT2D eigenvalue weighted by atomic mass is 10.0. The third-order valence-corrected chi connectivity index (χ3v) is 5.11. The number of hydrogen-bond acceptors (Lipinski definition) is 6. The van der Waals surface area contributed by atoms with E-state index in [9.17, 15) is 4.39 Å². The van der Waals surface area contributed by atoms with E-state index in [1.807, 2.05) is 0 Å². The van der Waals surface area contributed by atoms with Crippen molar-refractivity contribution in [3.8, 4) is 23.0 Å². The minimum absolute atomic E-state index is 0.102. The Kier molecular flexibility index (Phi) is 4.21. The fraction of sp³-hybridized carbons (Fsp3) is 0.238. The molecule has 4 aromatic rings. The zero-order valence-electron chi connectivity index (χ0n) is 16.0. The molecule has 7 nitrogen and oxygen atoms in total. The van der Waals surface area contributed by atoms with Gasteiger partial charge in [0.2, 0.25) is 5.82 Å². The second-order valence-corrected chi connectivity index (χ2v) is 7.13. The van der Waals surface area contributed by atoms with Crippen molar-refractivity contribution >= 4 is 0 Å². The van der Waals surface area contributed by atoms with Gasteiger partial charge in [0.1, 0.15) is 11.9 Å². The number of fused-ring (bicyclic) bond motifs is 1. The fourth-order valence-electron chi connectivity index (χ4n) is 3.62. The van der Waals surface area contributed by atoms with Crippen molar-refractivity contribution in [1.82, 2.24) is 25.1 Å². The van der Waals surface area contributed by atoms with Crippen molar-refractivity contribution < 1.29 is 13.7 Å². The number of ether oxygens (including phenoxy) is 1. The van der Waals surface area contributed by atoms with E-state index in [1.54, 1.807) is 22.9 Å². The maximum Gasteiger partial charge on any atom is 0.280 e. The maximum absolute atomic E-state index is 14.0. The Hall–Kier alpha value is -3.39. The van der Waals surface area contributed by atoms with Gasteiger partial charge in [-0.15, -0.1) is 5.10 Å². The molecule has 0 N–H and O–H groups in total. The molecule has 0 bridgehead atoms. The highest BCUT2D eigenvalue weighted by Crippen LogP contribution is 2.32. The molecule has 3 heterocycles. The summed E-state index contributed by atoms with van der Waals surface area (Å²) in [5.41, 5.74) is 5.03. The zero-order chi connectivity index (χ0) is 20.0. The molecule has 0 amide bonds. The van der Waals surface area contributed by atoms with Crippen LogP contribution < -0.4 is 0 Å². The van der Waals surface area contributed by atoms with Gasteiger partial charge in [0.25, 0.3) is 5.89 Å². The second kappa shape index (κ2) is 6.89. The Morgan fingerprint density at radius 2 is 2.00 bits per heavy atom. The first-order valence-electron chi connectivity index (χ1n) is 9.30. The van der Waals surface area contributed by atoms with Crippen molar-refractivity contribution in [2.75, 3.05) is 0 Å². The smallest absolute Gasteiger partial charge is 0.280 e. The van der Waals surface area contributed by atoms with E-state index < -0.39 is 5.82 Å². The first-order valence-corrected chi connectivity index (χ1v) is 9.30. The van der Waals surface area contributed by atoms with Crippen LogP contribution in [0.15, 0.2) is 47.0 Å². The average Bonchev–Trinajstić information content (AvgIpc) is 3.34. The largest absolute Gasteiger partial charge is 0.365 e. The summed E-state index contributed by atoms with van der Waals surface area (Å²) in [7, 11) is 0. The minimum atomic E-state index is -0.413. The molecule has 2 aromatic heterocycles. The van der Waals surface area contributed by atoms with Crippen LogP contribution in [0, 0.1) is 19.7 Å². The molecule has 5 rings (SSSR count). The lowest BCUT2D eigenvalue weighted by Crippen LogP contribution is -2.22. The molecular weight excluding hydrogens is 373 g/mol. The minimum Gasteiger partial charge on any atom is -0.365 e. The van der Waals surface area contributed by atoms with Gasteiger partial charge in [0.05, 0.1) is 24.4 Å². The van der Waals surface area contributed by atoms with E-state index in [0.29, 0.717) is 18.8 Å². The van der Waals surface area contributed by atoms with E-state index in [2.05, 4.69) is 52.5 Å². The van der Waals surface area contributed by atoms with Crippen LogP contribution in [-0.4, -0.2) is 25.1 Å². The number of aryl methyl sites for hydroxylation is 2. The number of rotatable bonds is 3. The molecule has 0 saturated carbocycles. The summed E-state index contributed by atoms with van der Waals surface area (Å²) in [6, 6.07) is 12.6. The Labute approximate surface area is 166 Å². The van der Waals surface area contributed by atoms with Gasteiger partial charge in [-0.3, -0.25) is 0 Å². The molecular formula is C21H18FN5O2. The van der Waals surface area contributed by atoms with Gasteiger partial charge >= 0.3 is 0 Å². The highest BCUT2D eigenvalue weighted by atomic mass is 19.1. The van der Waals surface area contributed by atoms with Gasteiger partial charge in [-0.1, -0.05) is 46.3 Å². The van der Waals surface area contributed by atoms with Crippen molar-refractivity contribution in [1.29, 1.82) is 0 Å². The molecule has 29 heavy (non-hydrogen) atoms. The van der Waals surface area contributed by atoms with Crippen molar-refractivity contribution in [2.24, 2.45) is 0 Å². The Balaban J connectivity index is 1.43. The molecule has 146 valence electrons. The first kappa shape index (κ1) is 17.7. The van der Waals surface area contributed by atoms with Gasteiger partial charge in [-0.2, -0.15) is 4.98 Å². The van der Waals surface area contributed by atoms with Crippen LogP contribution in [0.5, 0.6) is 0 Å². The van der Waals surface area contributed by atoms with E-state index in [-0.39, 0.29) is 23.4 Å². The first-order chi connectivity index (χ1) is 14.1. The number of nitrogens with zero attached hydrogens (tertiary/aromatic N) is 5. The van der Waals surface area contributed by atoms with Crippen LogP contribution >= 0.6 is 0 Å². The SMILES string of the molecule is Cc1ccc(C2Cn3nnc(-c4nc(-c5ccccc5F)no4)c3CO2)c(C)c1. The number of hydrogen-bond donors (Lipinski definition) is 0. The quantitative estimate of drug-likeness (QED) is 0.525. The lowest BCUT2D eigenvalue weighted by molar-refractivity contribution is -0.00153. The highest BCUT2D eigenvalue weighted by molar-refractivity contribution is 5.59. The third kappa shape index (κ3) is 3.11. The van der Waals surface area contributed by atoms with Crippen LogP contribution in [-0.2, 0) is 17.9 Å². The lowest BCUT2D eigenvalue weighted by Gasteiger charge is -2.25. The van der Waals surface area contributed by atoms with Crippen LogP contribution in [0.3, 0.4) is 0 Å². The van der Waals surface area contributed by atoms with Crippen LogP contribution in [0.2, 0.25) is 0 Å². The topological polar surface area (TPSA) is 78.9 Å². The molecule has 0 radical (unpaired) electrons. The van der Waals surface area contributed by atoms with Gasteiger partial charge < -0.3 is 9.26 Å². The van der Waals surface area contributed by atoms with Crippen LogP contribution in [0.25, 0.3) is 23.0 Å². The summed E-state index contributed by atoms with van der Waals surface area (Å²) in [4.78, 5) is 4.30. The molecule has 0 spiro atoms. The van der Waals surface area contributed by atoms with Gasteiger partial charge in [-0.05, 0) is 37.1 Å². The summed E-state index contributed by atoms with van der Waals surface area (Å²) in [5, 5.41) is 12.3. The standard InChI is InChI=1S/C21H18FN5O2/c1-12-7-8-14(13(2)9-12)18-10-27-17(11-28-18)19(24-26-27)21-23-20(25-29-21)15-5-3-4-6-16(15)22/h3-9,18H,10-11H2,1-2H3. The molecule has 8 heteroatoms. The fourth-order valence-corrected chi connectivity index (χ4v) is 3.62. The van der Waals surface area contributed by atoms with Crippen LogP contribution in [0.1, 0.15) is 28.5 Å². The zero-order valence-corrected chi connectivity index (χ0v) is 16.0. The third-order valence-electron chi connectivity index (χ3n) is 5.11. The summed E-state index contributed by atoms with van der Waals surface area (Å²) in [6.07, 6.45) is -0.102. The molecule has 1 aliphatic rings. The summed E-state index contributed by atoms with van der Waals surface area (Å²) >= 11 is 0. The molecule has 1 aliphatic heterocycles. The summed E-state index contributed by atoms with van der Waals surface area (Å²) in [6.45, 7) is 5.01. The normalized spacial score (nSPS) is 16.0. The number of halogens is 1. The van der Waals surface area contributed by atoms with Gasteiger partial charge in [0.15, 0.2) is 5.69 Å². The maximum atomic E-state index is 14.0. The molecule has 1 unspecified atom stereocenters. The molecule has 2 aromatic carbocycles. The van der Waals surface area contributed by atoms with Gasteiger partial charge in [-0.25, -0.2) is 9.07 Å². The van der Waals surface area contributed by atoms with E-state index in [1.165, 1.54) is 17.2 Å². The van der Waals surface area contributed by atoms with Crippen molar-refractivity contribution in [2.45, 2.75) is 33.1 Å². The van der Waals surface area contributed by atoms with Crippen molar-refractivity contribution in [3.63, 3.8) is 0 Å². The Morgan fingerprint density at radius 3 is 2.83 bits per heavy atom. The Morgan fingerprint density at radius 1 is 1.14 bits per heavy atom. The molecule has 0 saturated heterocycles. The molecule has 1 atom stereocenters. The monoisotopic (exact) mass is 391 g/mol. The summed E-state index contributed by atoms with van der Waals surface area (Å²) in [5.74, 6) is -0.0488. The van der Waals surface area contributed by atoms with Crippen LogP contribution in [0.4, 0.5) is 4.39 Å². The molecule has 0 aliphatic carbocycles. The number of aromatic nitrogens is 5. The predicted molar refractivity (Wildman–Crippen MR) is 102 cm³/mol. The molecule has 0 fully saturated rings. The van der Waals surface area contributed by atoms with Crippen molar-refractivity contribution in [3.05, 3.63) is 70.7 Å². The second-order valence-electron chi connectivity index (χ2n) is 7.13. The van der Waals surface area contributed by atoms with Gasteiger partial charge in [0, 0.05) is 0 Å².